The SMILES string of the molecule is CC(=O)NCCNC(=O)c1ccc(Nc2ccc(-c3ccc4c(c3)CNC4=O)n3ccnc23)cc1. The lowest BCUT2D eigenvalue weighted by Gasteiger charge is -2.13. The maximum absolute atomic E-state index is 12.3. The van der Waals surface area contributed by atoms with Gasteiger partial charge in [-0.05, 0) is 59.7 Å². The van der Waals surface area contributed by atoms with E-state index in [-0.39, 0.29) is 17.7 Å². The minimum atomic E-state index is -0.201. The van der Waals surface area contributed by atoms with Gasteiger partial charge in [0.2, 0.25) is 5.91 Å². The summed E-state index contributed by atoms with van der Waals surface area (Å²) in [6.07, 6.45) is 3.65. The lowest BCUT2D eigenvalue weighted by atomic mass is 10.0. The molecule has 0 atom stereocenters. The molecule has 1 aliphatic rings. The van der Waals surface area contributed by atoms with Gasteiger partial charge >= 0.3 is 0 Å². The molecule has 0 aliphatic carbocycles. The van der Waals surface area contributed by atoms with E-state index in [1.54, 1.807) is 18.3 Å². The van der Waals surface area contributed by atoms with Crippen molar-refractivity contribution in [2.75, 3.05) is 18.4 Å². The summed E-state index contributed by atoms with van der Waals surface area (Å²) in [4.78, 5) is 39.6. The van der Waals surface area contributed by atoms with E-state index in [1.807, 2.05) is 53.1 Å². The van der Waals surface area contributed by atoms with E-state index in [1.165, 1.54) is 6.92 Å². The smallest absolute Gasteiger partial charge is 0.251 e. The quantitative estimate of drug-likeness (QED) is 0.311. The average Bonchev–Trinajstić information content (AvgIpc) is 3.49. The van der Waals surface area contributed by atoms with Gasteiger partial charge in [0.05, 0.1) is 11.4 Å². The van der Waals surface area contributed by atoms with Crippen molar-refractivity contribution in [3.8, 4) is 11.3 Å². The number of nitrogens with zero attached hydrogens (tertiary/aromatic N) is 2. The Morgan fingerprint density at radius 2 is 1.83 bits per heavy atom. The fraction of sp³-hybridized carbons (Fsp3) is 0.154. The van der Waals surface area contributed by atoms with Crippen LogP contribution in [0.4, 0.5) is 11.4 Å². The van der Waals surface area contributed by atoms with E-state index < -0.39 is 0 Å². The van der Waals surface area contributed by atoms with Crippen molar-refractivity contribution in [3.05, 3.63) is 83.7 Å². The molecule has 0 spiro atoms. The number of pyridine rings is 1. The Morgan fingerprint density at radius 1 is 1.03 bits per heavy atom. The molecule has 4 aromatic rings. The van der Waals surface area contributed by atoms with Crippen LogP contribution in [0.2, 0.25) is 0 Å². The number of anilines is 2. The second kappa shape index (κ2) is 9.30. The standard InChI is InChI=1S/C26H24N6O3/c1-16(33)27-10-11-29-25(34)17-2-5-20(6-3-17)31-22-8-9-23(32-13-12-28-24(22)32)18-4-7-21-19(14-18)15-30-26(21)35/h2-9,12-14,31H,10-11,15H2,1H3,(H,27,33)(H,29,34)(H,30,35). The molecule has 9 nitrogen and oxygen atoms in total. The number of hydrogen-bond acceptors (Lipinski definition) is 5. The van der Waals surface area contributed by atoms with Crippen LogP contribution in [0, 0.1) is 0 Å². The van der Waals surface area contributed by atoms with Crippen molar-refractivity contribution in [2.24, 2.45) is 0 Å². The number of rotatable bonds is 7. The molecule has 2 aromatic carbocycles. The Bertz CT molecular complexity index is 1440. The summed E-state index contributed by atoms with van der Waals surface area (Å²) in [5.41, 5.74) is 6.62. The van der Waals surface area contributed by atoms with Crippen molar-refractivity contribution >= 4 is 34.7 Å². The van der Waals surface area contributed by atoms with Crippen LogP contribution in [-0.4, -0.2) is 40.2 Å². The molecule has 176 valence electrons. The van der Waals surface area contributed by atoms with Gasteiger partial charge in [-0.1, -0.05) is 6.07 Å². The summed E-state index contributed by atoms with van der Waals surface area (Å²) in [6.45, 7) is 2.72. The van der Waals surface area contributed by atoms with E-state index in [0.29, 0.717) is 25.2 Å². The van der Waals surface area contributed by atoms with Gasteiger partial charge < -0.3 is 21.3 Å². The first-order chi connectivity index (χ1) is 17.0. The number of imidazole rings is 1. The number of carbonyl (C=O) groups is 3. The van der Waals surface area contributed by atoms with Gasteiger partial charge in [-0.25, -0.2) is 4.98 Å². The van der Waals surface area contributed by atoms with Gasteiger partial charge in [-0.2, -0.15) is 0 Å². The molecule has 0 saturated carbocycles. The normalized spacial score (nSPS) is 12.2. The first-order valence-corrected chi connectivity index (χ1v) is 11.3. The molecule has 0 saturated heterocycles. The number of carbonyl (C=O) groups excluding carboxylic acids is 3. The molecule has 9 heteroatoms. The largest absolute Gasteiger partial charge is 0.355 e. The zero-order valence-electron chi connectivity index (χ0n) is 19.1. The topological polar surface area (TPSA) is 117 Å². The Morgan fingerprint density at radius 3 is 2.63 bits per heavy atom. The fourth-order valence-electron chi connectivity index (χ4n) is 4.12. The molecule has 2 aromatic heterocycles. The Balaban J connectivity index is 1.32. The molecule has 3 heterocycles. The third-order valence-electron chi connectivity index (χ3n) is 5.84. The van der Waals surface area contributed by atoms with Crippen molar-refractivity contribution in [1.82, 2.24) is 25.3 Å². The van der Waals surface area contributed by atoms with Gasteiger partial charge in [0.1, 0.15) is 0 Å². The molecular formula is C26H24N6O3. The van der Waals surface area contributed by atoms with E-state index in [4.69, 9.17) is 0 Å². The van der Waals surface area contributed by atoms with Gasteiger partial charge in [0.15, 0.2) is 5.65 Å². The summed E-state index contributed by atoms with van der Waals surface area (Å²) in [5, 5.41) is 11.6. The predicted octanol–water partition coefficient (Wildman–Crippen LogP) is 2.85. The fourth-order valence-corrected chi connectivity index (χ4v) is 4.12. The molecular weight excluding hydrogens is 444 g/mol. The van der Waals surface area contributed by atoms with Crippen molar-refractivity contribution < 1.29 is 14.4 Å². The van der Waals surface area contributed by atoms with E-state index >= 15 is 0 Å². The zero-order chi connectivity index (χ0) is 24.4. The number of benzene rings is 2. The zero-order valence-corrected chi connectivity index (χ0v) is 19.1. The summed E-state index contributed by atoms with van der Waals surface area (Å²) in [5.74, 6) is -0.365. The van der Waals surface area contributed by atoms with Crippen LogP contribution < -0.4 is 21.3 Å². The van der Waals surface area contributed by atoms with Crippen LogP contribution >= 0.6 is 0 Å². The molecule has 0 bridgehead atoms. The molecule has 0 fully saturated rings. The maximum atomic E-state index is 12.3. The lowest BCUT2D eigenvalue weighted by Crippen LogP contribution is -2.33. The molecule has 5 rings (SSSR count). The molecule has 35 heavy (non-hydrogen) atoms. The number of nitrogens with one attached hydrogen (secondary N) is 4. The van der Waals surface area contributed by atoms with Gasteiger partial charge in [0, 0.05) is 55.8 Å². The summed E-state index contributed by atoms with van der Waals surface area (Å²) in [7, 11) is 0. The first-order valence-electron chi connectivity index (χ1n) is 11.3. The lowest BCUT2D eigenvalue weighted by molar-refractivity contribution is -0.118. The van der Waals surface area contributed by atoms with Crippen LogP contribution in [0.5, 0.6) is 0 Å². The number of aromatic nitrogens is 2. The Labute approximate surface area is 201 Å². The average molecular weight is 469 g/mol. The highest BCUT2D eigenvalue weighted by Gasteiger charge is 2.19. The van der Waals surface area contributed by atoms with Crippen molar-refractivity contribution in [2.45, 2.75) is 13.5 Å². The Kier molecular flexibility index (Phi) is 5.88. The maximum Gasteiger partial charge on any atom is 0.251 e. The third kappa shape index (κ3) is 4.56. The second-order valence-corrected chi connectivity index (χ2v) is 8.25. The number of hydrogen-bond donors (Lipinski definition) is 4. The van der Waals surface area contributed by atoms with Crippen molar-refractivity contribution in [1.29, 1.82) is 0 Å². The minimum Gasteiger partial charge on any atom is -0.355 e. The van der Waals surface area contributed by atoms with Gasteiger partial charge in [0.25, 0.3) is 11.8 Å². The first kappa shape index (κ1) is 22.1. The highest BCUT2D eigenvalue weighted by molar-refractivity contribution is 5.99. The summed E-state index contributed by atoms with van der Waals surface area (Å²) >= 11 is 0. The molecule has 3 amide bonds. The summed E-state index contributed by atoms with van der Waals surface area (Å²) < 4.78 is 2.01. The van der Waals surface area contributed by atoms with E-state index in [2.05, 4.69) is 26.3 Å². The van der Waals surface area contributed by atoms with Crippen LogP contribution in [0.3, 0.4) is 0 Å². The highest BCUT2D eigenvalue weighted by Crippen LogP contribution is 2.29. The second-order valence-electron chi connectivity index (χ2n) is 8.25. The highest BCUT2D eigenvalue weighted by atomic mass is 16.2. The van der Waals surface area contributed by atoms with E-state index in [9.17, 15) is 14.4 Å². The molecule has 1 aliphatic heterocycles. The van der Waals surface area contributed by atoms with Crippen molar-refractivity contribution in [3.63, 3.8) is 0 Å². The van der Waals surface area contributed by atoms with E-state index in [0.717, 1.165) is 39.4 Å². The van der Waals surface area contributed by atoms with Gasteiger partial charge in [-0.15, -0.1) is 0 Å². The molecule has 0 unspecified atom stereocenters. The summed E-state index contributed by atoms with van der Waals surface area (Å²) in [6, 6.07) is 17.0. The monoisotopic (exact) mass is 468 g/mol. The number of amides is 3. The molecule has 4 N–H and O–H groups in total. The minimum absolute atomic E-state index is 0.0348. The molecule has 0 radical (unpaired) electrons. The number of fused-ring (bicyclic) bond motifs is 2. The van der Waals surface area contributed by atoms with Gasteiger partial charge in [-0.3, -0.25) is 18.8 Å². The van der Waals surface area contributed by atoms with Crippen LogP contribution in [0.25, 0.3) is 16.9 Å². The van der Waals surface area contributed by atoms with Crippen LogP contribution in [-0.2, 0) is 11.3 Å². The Hall–Kier alpha value is -4.66. The predicted molar refractivity (Wildman–Crippen MR) is 133 cm³/mol. The third-order valence-corrected chi connectivity index (χ3v) is 5.84. The van der Waals surface area contributed by atoms with Crippen LogP contribution in [0.1, 0.15) is 33.2 Å². The van der Waals surface area contributed by atoms with Crippen LogP contribution in [0.15, 0.2) is 67.0 Å².